The Labute approximate surface area is 245 Å². The predicted octanol–water partition coefficient (Wildman–Crippen LogP) is 5.25. The largest absolute Gasteiger partial charge is 0.497 e. The van der Waals surface area contributed by atoms with Gasteiger partial charge in [-0.1, -0.05) is 46.3 Å². The Kier molecular flexibility index (Phi) is 6.99. The molecule has 204 valence electrons. The lowest BCUT2D eigenvalue weighted by molar-refractivity contribution is -0.122. The van der Waals surface area contributed by atoms with E-state index in [4.69, 9.17) is 32.4 Å². The Morgan fingerprint density at radius 1 is 1.05 bits per heavy atom. The number of imide groups is 1. The number of thiazole rings is 1. The van der Waals surface area contributed by atoms with Crippen molar-refractivity contribution in [2.45, 2.75) is 22.7 Å². The quantitative estimate of drug-likeness (QED) is 0.295. The third-order valence-electron chi connectivity index (χ3n) is 6.73. The number of aromatic nitrogens is 1. The third kappa shape index (κ3) is 4.52. The fourth-order valence-electron chi connectivity index (χ4n) is 4.93. The standard InChI is InChI=1S/C27H19Cl2N3O6S2/c1-37-15-7-5-14(6-8-15)32-24(34)21-20(18-3-2-10-38-18)23-26(39-22(21)25(32)35)31(27(36)40-23)12-19(33)30-13-4-9-16(28)17(29)11-13/h2-11,20-22H,12H2,1H3,(H,30,33)/t20-,21?,22?/m1/s1. The summed E-state index contributed by atoms with van der Waals surface area (Å²) >= 11 is 14.1. The van der Waals surface area contributed by atoms with E-state index in [1.807, 2.05) is 0 Å². The molecule has 6 rings (SSSR count). The van der Waals surface area contributed by atoms with Crippen LogP contribution in [-0.2, 0) is 20.9 Å². The Hall–Kier alpha value is -3.51. The molecule has 2 unspecified atom stereocenters. The number of nitrogens with zero attached hydrogens (tertiary/aromatic N) is 2. The highest BCUT2D eigenvalue weighted by Gasteiger charge is 2.57. The number of ether oxygens (including phenoxy) is 1. The normalized spacial score (nSPS) is 19.9. The van der Waals surface area contributed by atoms with E-state index in [9.17, 15) is 19.2 Å². The molecule has 2 aliphatic heterocycles. The van der Waals surface area contributed by atoms with Crippen LogP contribution in [-0.4, -0.2) is 34.6 Å². The van der Waals surface area contributed by atoms with Gasteiger partial charge in [0.05, 0.1) is 50.8 Å². The minimum Gasteiger partial charge on any atom is -0.497 e. The maximum atomic E-state index is 13.8. The van der Waals surface area contributed by atoms with Crippen LogP contribution in [0.4, 0.5) is 11.4 Å². The van der Waals surface area contributed by atoms with E-state index in [1.54, 1.807) is 48.5 Å². The van der Waals surface area contributed by atoms with Crippen molar-refractivity contribution in [3.63, 3.8) is 0 Å². The second kappa shape index (κ2) is 10.5. The summed E-state index contributed by atoms with van der Waals surface area (Å²) in [5.41, 5.74) is 0.843. The van der Waals surface area contributed by atoms with Crippen LogP contribution in [0.3, 0.4) is 0 Å². The zero-order valence-corrected chi connectivity index (χ0v) is 23.8. The molecule has 9 nitrogen and oxygen atoms in total. The summed E-state index contributed by atoms with van der Waals surface area (Å²) in [4.78, 5) is 55.0. The first-order valence-corrected chi connectivity index (χ1v) is 14.4. The Balaban J connectivity index is 1.36. The molecule has 13 heteroatoms. The zero-order valence-electron chi connectivity index (χ0n) is 20.6. The van der Waals surface area contributed by atoms with Crippen molar-refractivity contribution in [2.24, 2.45) is 5.92 Å². The molecule has 3 amide bonds. The highest BCUT2D eigenvalue weighted by atomic mass is 35.5. The number of rotatable bonds is 6. The van der Waals surface area contributed by atoms with Gasteiger partial charge in [0.1, 0.15) is 23.3 Å². The van der Waals surface area contributed by atoms with Gasteiger partial charge in [-0.15, -0.1) is 0 Å². The summed E-state index contributed by atoms with van der Waals surface area (Å²) < 4.78 is 12.2. The molecule has 0 spiro atoms. The minimum atomic E-state index is -0.824. The molecule has 2 aromatic heterocycles. The van der Waals surface area contributed by atoms with E-state index in [0.717, 1.165) is 23.1 Å². The number of fused-ring (bicyclic) bond motifs is 2. The number of hydrogen-bond donors (Lipinski definition) is 1. The Morgan fingerprint density at radius 3 is 2.50 bits per heavy atom. The Bertz CT molecular complexity index is 1700. The number of thioether (sulfide) groups is 1. The first-order chi connectivity index (χ1) is 19.3. The predicted molar refractivity (Wildman–Crippen MR) is 153 cm³/mol. The van der Waals surface area contributed by atoms with Crippen LogP contribution in [0.25, 0.3) is 0 Å². The number of carbonyl (C=O) groups excluding carboxylic acids is 3. The number of amides is 3. The van der Waals surface area contributed by atoms with E-state index in [2.05, 4.69) is 5.32 Å². The van der Waals surface area contributed by atoms with Crippen molar-refractivity contribution in [3.8, 4) is 5.75 Å². The van der Waals surface area contributed by atoms with Gasteiger partial charge >= 0.3 is 4.87 Å². The van der Waals surface area contributed by atoms with Gasteiger partial charge in [-0.05, 0) is 54.6 Å². The number of halogens is 2. The van der Waals surface area contributed by atoms with Crippen molar-refractivity contribution < 1.29 is 23.5 Å². The summed E-state index contributed by atoms with van der Waals surface area (Å²) in [5, 5.41) is 2.97. The SMILES string of the molecule is COc1ccc(N2C(=O)C3Sc4c(sc(=O)n4CC(=O)Nc4ccc(Cl)c(Cl)c4)[C@H](c4ccco4)C3C2=O)cc1. The molecular formula is C27H19Cl2N3O6S2. The van der Waals surface area contributed by atoms with Crippen molar-refractivity contribution in [1.29, 1.82) is 0 Å². The molecule has 0 saturated carbocycles. The monoisotopic (exact) mass is 615 g/mol. The first-order valence-electron chi connectivity index (χ1n) is 12.0. The molecular weight excluding hydrogens is 597 g/mol. The third-order valence-corrected chi connectivity index (χ3v) is 10.1. The average molecular weight is 617 g/mol. The summed E-state index contributed by atoms with van der Waals surface area (Å²) in [6.07, 6.45) is 1.48. The van der Waals surface area contributed by atoms with Crippen molar-refractivity contribution in [2.75, 3.05) is 17.3 Å². The van der Waals surface area contributed by atoms with Gasteiger partial charge in [0.15, 0.2) is 0 Å². The van der Waals surface area contributed by atoms with Crippen molar-refractivity contribution >= 4 is 75.4 Å². The van der Waals surface area contributed by atoms with Crippen LogP contribution in [0.2, 0.25) is 10.0 Å². The topological polar surface area (TPSA) is 111 Å². The van der Waals surface area contributed by atoms with Crippen molar-refractivity contribution in [3.05, 3.63) is 91.2 Å². The van der Waals surface area contributed by atoms with E-state index < -0.39 is 28.9 Å². The van der Waals surface area contributed by atoms with E-state index in [-0.39, 0.29) is 22.3 Å². The fourth-order valence-corrected chi connectivity index (χ4v) is 7.99. The van der Waals surface area contributed by atoms with Gasteiger partial charge in [0, 0.05) is 5.69 Å². The average Bonchev–Trinajstić information content (AvgIpc) is 3.64. The number of anilines is 2. The number of benzene rings is 2. The lowest BCUT2D eigenvalue weighted by Crippen LogP contribution is -2.32. The maximum Gasteiger partial charge on any atom is 0.308 e. The second-order valence-corrected chi connectivity index (χ2v) is 12.0. The van der Waals surface area contributed by atoms with Crippen LogP contribution >= 0.6 is 46.3 Å². The molecule has 2 aromatic carbocycles. The van der Waals surface area contributed by atoms with E-state index >= 15 is 0 Å². The van der Waals surface area contributed by atoms with Crippen LogP contribution < -0.4 is 19.8 Å². The highest BCUT2D eigenvalue weighted by molar-refractivity contribution is 8.00. The molecule has 4 heterocycles. The summed E-state index contributed by atoms with van der Waals surface area (Å²) in [6.45, 7) is -0.301. The van der Waals surface area contributed by atoms with E-state index in [1.165, 1.54) is 28.9 Å². The zero-order chi connectivity index (χ0) is 28.1. The lowest BCUT2D eigenvalue weighted by Gasteiger charge is -2.29. The van der Waals surface area contributed by atoms with Gasteiger partial charge in [-0.3, -0.25) is 23.7 Å². The van der Waals surface area contributed by atoms with Crippen LogP contribution in [0.15, 0.2) is 75.1 Å². The molecule has 3 atom stereocenters. The summed E-state index contributed by atoms with van der Waals surface area (Å²) in [6, 6.07) is 14.7. The van der Waals surface area contributed by atoms with Gasteiger partial charge in [0.2, 0.25) is 17.7 Å². The van der Waals surface area contributed by atoms with Gasteiger partial charge in [-0.2, -0.15) is 0 Å². The number of methoxy groups -OCH3 is 1. The minimum absolute atomic E-state index is 0.276. The lowest BCUT2D eigenvalue weighted by atomic mass is 9.87. The molecule has 0 bridgehead atoms. The maximum absolute atomic E-state index is 13.8. The van der Waals surface area contributed by atoms with Crippen molar-refractivity contribution in [1.82, 2.24) is 4.57 Å². The smallest absolute Gasteiger partial charge is 0.308 e. The molecule has 4 aromatic rings. The molecule has 1 saturated heterocycles. The summed E-state index contributed by atoms with van der Waals surface area (Å²) in [7, 11) is 1.53. The Morgan fingerprint density at radius 2 is 1.82 bits per heavy atom. The first kappa shape index (κ1) is 26.7. The number of hydrogen-bond acceptors (Lipinski definition) is 8. The second-order valence-electron chi connectivity index (χ2n) is 9.07. The molecule has 1 N–H and O–H groups in total. The van der Waals surface area contributed by atoms with Crippen LogP contribution in [0.5, 0.6) is 5.75 Å². The number of furan rings is 1. The van der Waals surface area contributed by atoms with Gasteiger partial charge in [-0.25, -0.2) is 4.90 Å². The van der Waals surface area contributed by atoms with Crippen LogP contribution in [0.1, 0.15) is 16.6 Å². The van der Waals surface area contributed by atoms with Gasteiger partial charge in [0.25, 0.3) is 0 Å². The van der Waals surface area contributed by atoms with Crippen LogP contribution in [0, 0.1) is 5.92 Å². The summed E-state index contributed by atoms with van der Waals surface area (Å²) in [5.74, 6) is -1.67. The molecule has 1 fully saturated rings. The fraction of sp³-hybridized carbons (Fsp3) is 0.185. The molecule has 2 aliphatic rings. The molecule has 0 aliphatic carbocycles. The highest BCUT2D eigenvalue weighted by Crippen LogP contribution is 2.54. The van der Waals surface area contributed by atoms with E-state index in [0.29, 0.717) is 37.8 Å². The van der Waals surface area contributed by atoms with Gasteiger partial charge < -0.3 is 14.5 Å². The molecule has 40 heavy (non-hydrogen) atoms. The molecule has 0 radical (unpaired) electrons. The number of carbonyl (C=O) groups is 3. The number of nitrogens with one attached hydrogen (secondary N) is 1.